The summed E-state index contributed by atoms with van der Waals surface area (Å²) >= 11 is 0. The van der Waals surface area contributed by atoms with Crippen LogP contribution in [0.5, 0.6) is 5.75 Å². The molecule has 1 aromatic heterocycles. The van der Waals surface area contributed by atoms with Crippen molar-refractivity contribution in [3.05, 3.63) is 66.4 Å². The van der Waals surface area contributed by atoms with Crippen LogP contribution in [0.15, 0.2) is 54.6 Å². The lowest BCUT2D eigenvalue weighted by molar-refractivity contribution is 0.414. The number of aromatic nitrogens is 1. The van der Waals surface area contributed by atoms with Crippen molar-refractivity contribution in [1.82, 2.24) is 4.57 Å². The lowest BCUT2D eigenvalue weighted by Crippen LogP contribution is -1.97. The topological polar surface area (TPSA) is 14.2 Å². The fourth-order valence-corrected chi connectivity index (χ4v) is 2.12. The summed E-state index contributed by atoms with van der Waals surface area (Å²) < 4.78 is 7.30. The molecule has 0 saturated carbocycles. The number of para-hydroxylation sites is 1. The smallest absolute Gasteiger partial charge is 0.118 e. The molecule has 0 aliphatic carbocycles. The molecular weight excluding hydrogens is 222 g/mol. The predicted molar refractivity (Wildman–Crippen MR) is 72.9 cm³/mol. The molecular formula is C16H14NO. The van der Waals surface area contributed by atoms with Gasteiger partial charge in [0.25, 0.3) is 0 Å². The van der Waals surface area contributed by atoms with Crippen molar-refractivity contribution in [2.24, 2.45) is 0 Å². The van der Waals surface area contributed by atoms with Crippen LogP contribution in [-0.4, -0.2) is 11.7 Å². The summed E-state index contributed by atoms with van der Waals surface area (Å²) in [6.45, 7) is 0.831. The van der Waals surface area contributed by atoms with Gasteiger partial charge in [-0.25, -0.2) is 0 Å². The Kier molecular flexibility index (Phi) is 2.77. The average Bonchev–Trinajstić information content (AvgIpc) is 2.83. The van der Waals surface area contributed by atoms with Crippen molar-refractivity contribution < 1.29 is 4.74 Å². The first-order chi connectivity index (χ1) is 8.86. The number of methoxy groups -OCH3 is 1. The molecule has 0 atom stereocenters. The molecule has 0 bridgehead atoms. The Balaban J connectivity index is 1.91. The van der Waals surface area contributed by atoms with E-state index >= 15 is 0 Å². The van der Waals surface area contributed by atoms with Crippen LogP contribution in [0.4, 0.5) is 0 Å². The first-order valence-corrected chi connectivity index (χ1v) is 5.96. The van der Waals surface area contributed by atoms with Gasteiger partial charge in [0.15, 0.2) is 0 Å². The summed E-state index contributed by atoms with van der Waals surface area (Å²) in [5.74, 6) is 0.889. The van der Waals surface area contributed by atoms with E-state index < -0.39 is 0 Å². The molecule has 1 radical (unpaired) electrons. The summed E-state index contributed by atoms with van der Waals surface area (Å²) in [5.41, 5.74) is 2.46. The van der Waals surface area contributed by atoms with Gasteiger partial charge in [-0.05, 0) is 29.8 Å². The summed E-state index contributed by atoms with van der Waals surface area (Å²) in [6.07, 6.45) is 3.28. The zero-order chi connectivity index (χ0) is 12.4. The Morgan fingerprint density at radius 2 is 1.83 bits per heavy atom. The summed E-state index contributed by atoms with van der Waals surface area (Å²) in [5, 5.41) is 1.23. The maximum absolute atomic E-state index is 5.16. The Labute approximate surface area is 106 Å². The maximum atomic E-state index is 5.16. The number of rotatable bonds is 3. The Bertz CT molecular complexity index is 652. The van der Waals surface area contributed by atoms with E-state index in [1.54, 1.807) is 7.11 Å². The number of hydrogen-bond donors (Lipinski definition) is 0. The second-order valence-corrected chi connectivity index (χ2v) is 4.27. The number of ether oxygens (including phenoxy) is 1. The van der Waals surface area contributed by atoms with Gasteiger partial charge < -0.3 is 9.30 Å². The minimum Gasteiger partial charge on any atom is -0.497 e. The van der Waals surface area contributed by atoms with E-state index in [0.29, 0.717) is 0 Å². The first kappa shape index (κ1) is 10.9. The molecule has 3 rings (SSSR count). The molecule has 0 amide bonds. The Morgan fingerprint density at radius 1 is 1.06 bits per heavy atom. The van der Waals surface area contributed by atoms with E-state index in [2.05, 4.69) is 41.1 Å². The zero-order valence-corrected chi connectivity index (χ0v) is 10.3. The zero-order valence-electron chi connectivity index (χ0n) is 10.3. The van der Waals surface area contributed by atoms with Crippen molar-refractivity contribution in [3.63, 3.8) is 0 Å². The van der Waals surface area contributed by atoms with Crippen molar-refractivity contribution in [2.75, 3.05) is 7.11 Å². The Hall–Kier alpha value is -2.22. The van der Waals surface area contributed by atoms with Crippen molar-refractivity contribution in [3.8, 4) is 5.75 Å². The van der Waals surface area contributed by atoms with Gasteiger partial charge in [-0.3, -0.25) is 0 Å². The van der Waals surface area contributed by atoms with Gasteiger partial charge in [-0.2, -0.15) is 0 Å². The van der Waals surface area contributed by atoms with Crippen LogP contribution in [0.2, 0.25) is 0 Å². The third kappa shape index (κ3) is 1.97. The highest BCUT2D eigenvalue weighted by molar-refractivity contribution is 5.79. The summed E-state index contributed by atoms with van der Waals surface area (Å²) in [4.78, 5) is 0. The van der Waals surface area contributed by atoms with E-state index in [-0.39, 0.29) is 0 Å². The van der Waals surface area contributed by atoms with Crippen LogP contribution in [0, 0.1) is 6.20 Å². The van der Waals surface area contributed by atoms with E-state index in [1.165, 1.54) is 16.5 Å². The van der Waals surface area contributed by atoms with Crippen LogP contribution in [0.25, 0.3) is 10.9 Å². The van der Waals surface area contributed by atoms with Gasteiger partial charge in [0.1, 0.15) is 5.75 Å². The van der Waals surface area contributed by atoms with Crippen LogP contribution >= 0.6 is 0 Å². The van der Waals surface area contributed by atoms with Crippen LogP contribution in [0.1, 0.15) is 5.56 Å². The first-order valence-electron chi connectivity index (χ1n) is 5.96. The largest absolute Gasteiger partial charge is 0.497 e. The molecule has 0 aliphatic rings. The fourth-order valence-electron chi connectivity index (χ4n) is 2.12. The van der Waals surface area contributed by atoms with Crippen molar-refractivity contribution in [1.29, 1.82) is 0 Å². The molecule has 0 spiro atoms. The second kappa shape index (κ2) is 4.57. The number of nitrogens with zero attached hydrogens (tertiary/aromatic N) is 1. The molecule has 2 nitrogen and oxygen atoms in total. The highest BCUT2D eigenvalue weighted by atomic mass is 16.5. The van der Waals surface area contributed by atoms with Crippen molar-refractivity contribution >= 4 is 10.9 Å². The quantitative estimate of drug-likeness (QED) is 0.679. The fraction of sp³-hybridized carbons (Fsp3) is 0.125. The summed E-state index contributed by atoms with van der Waals surface area (Å²) in [6, 6.07) is 18.5. The van der Waals surface area contributed by atoms with Gasteiger partial charge in [-0.15, -0.1) is 0 Å². The normalized spacial score (nSPS) is 10.7. The highest BCUT2D eigenvalue weighted by Gasteiger charge is 2.01. The van der Waals surface area contributed by atoms with Crippen LogP contribution < -0.4 is 4.74 Å². The molecule has 0 fully saturated rings. The Morgan fingerprint density at radius 3 is 2.61 bits per heavy atom. The minimum absolute atomic E-state index is 0.831. The molecule has 1 heterocycles. The van der Waals surface area contributed by atoms with Gasteiger partial charge in [0.05, 0.1) is 13.3 Å². The molecule has 0 unspecified atom stereocenters. The SMILES string of the molecule is COc1ccc(Cn2[c]cc3ccccc32)cc1. The molecule has 0 saturated heterocycles. The molecule has 3 aromatic rings. The number of benzene rings is 2. The minimum atomic E-state index is 0.831. The monoisotopic (exact) mass is 236 g/mol. The molecule has 2 heteroatoms. The standard InChI is InChI=1S/C16H14NO/c1-18-15-8-6-13(7-9-15)12-17-11-10-14-4-2-3-5-16(14)17/h2-10H,12H2,1H3. The third-order valence-electron chi connectivity index (χ3n) is 3.10. The van der Waals surface area contributed by atoms with Gasteiger partial charge >= 0.3 is 0 Å². The van der Waals surface area contributed by atoms with Gasteiger partial charge in [-0.1, -0.05) is 30.3 Å². The molecule has 2 aromatic carbocycles. The number of hydrogen-bond acceptors (Lipinski definition) is 1. The molecule has 0 aliphatic heterocycles. The highest BCUT2D eigenvalue weighted by Crippen LogP contribution is 2.17. The molecule has 0 N–H and O–H groups in total. The van der Waals surface area contributed by atoms with E-state index in [1.807, 2.05) is 24.3 Å². The van der Waals surface area contributed by atoms with Crippen molar-refractivity contribution in [2.45, 2.75) is 6.54 Å². The van der Waals surface area contributed by atoms with Crippen LogP contribution in [0.3, 0.4) is 0 Å². The summed E-state index contributed by atoms with van der Waals surface area (Å²) in [7, 11) is 1.68. The lowest BCUT2D eigenvalue weighted by atomic mass is 10.2. The average molecular weight is 236 g/mol. The third-order valence-corrected chi connectivity index (χ3v) is 3.10. The van der Waals surface area contributed by atoms with Gasteiger partial charge in [0, 0.05) is 17.4 Å². The van der Waals surface area contributed by atoms with Crippen LogP contribution in [-0.2, 0) is 6.54 Å². The molecule has 18 heavy (non-hydrogen) atoms. The predicted octanol–water partition coefficient (Wildman–Crippen LogP) is 3.50. The van der Waals surface area contributed by atoms with E-state index in [4.69, 9.17) is 4.74 Å². The maximum Gasteiger partial charge on any atom is 0.118 e. The van der Waals surface area contributed by atoms with E-state index in [9.17, 15) is 0 Å². The van der Waals surface area contributed by atoms with Gasteiger partial charge in [0.2, 0.25) is 0 Å². The second-order valence-electron chi connectivity index (χ2n) is 4.27. The van der Waals surface area contributed by atoms with E-state index in [0.717, 1.165) is 12.3 Å². The number of fused-ring (bicyclic) bond motifs is 1. The lowest BCUT2D eigenvalue weighted by Gasteiger charge is -2.06. The molecule has 89 valence electrons.